The maximum absolute atomic E-state index is 4.28. The van der Waals surface area contributed by atoms with E-state index in [9.17, 15) is 0 Å². The highest BCUT2D eigenvalue weighted by Gasteiger charge is 2.19. The number of aromatic nitrogens is 3. The van der Waals surface area contributed by atoms with Crippen molar-refractivity contribution in [2.24, 2.45) is 7.05 Å². The third-order valence-electron chi connectivity index (χ3n) is 2.31. The molecule has 2 heterocycles. The standard InChI is InChI=1S/C8H14BrN5/c1-6-3-4-14(10-6)5-7-8(9)12-13(2)11-7/h6,10H,3-5H2,1-2H3. The van der Waals surface area contributed by atoms with Crippen molar-refractivity contribution in [3.63, 3.8) is 0 Å². The van der Waals surface area contributed by atoms with Gasteiger partial charge in [-0.05, 0) is 29.3 Å². The quantitative estimate of drug-likeness (QED) is 0.849. The van der Waals surface area contributed by atoms with Gasteiger partial charge in [0.15, 0.2) is 4.60 Å². The Morgan fingerprint density at radius 3 is 2.86 bits per heavy atom. The molecule has 0 bridgehead atoms. The highest BCUT2D eigenvalue weighted by molar-refractivity contribution is 9.10. The number of halogens is 1. The second-order valence-electron chi connectivity index (χ2n) is 3.67. The van der Waals surface area contributed by atoms with E-state index in [2.05, 4.69) is 43.5 Å². The van der Waals surface area contributed by atoms with Gasteiger partial charge in [-0.3, -0.25) is 5.43 Å². The summed E-state index contributed by atoms with van der Waals surface area (Å²) in [6, 6.07) is 0.574. The van der Waals surface area contributed by atoms with Gasteiger partial charge in [0.05, 0.1) is 6.54 Å². The van der Waals surface area contributed by atoms with Crippen molar-refractivity contribution >= 4 is 15.9 Å². The minimum Gasteiger partial charge on any atom is -0.252 e. The fourth-order valence-electron chi connectivity index (χ4n) is 1.62. The first kappa shape index (κ1) is 10.1. The van der Waals surface area contributed by atoms with E-state index < -0.39 is 0 Å². The zero-order valence-corrected chi connectivity index (χ0v) is 9.95. The van der Waals surface area contributed by atoms with Crippen LogP contribution >= 0.6 is 15.9 Å². The minimum atomic E-state index is 0.574. The fraction of sp³-hybridized carbons (Fsp3) is 0.750. The largest absolute Gasteiger partial charge is 0.252 e. The van der Waals surface area contributed by atoms with E-state index in [1.165, 1.54) is 6.42 Å². The van der Waals surface area contributed by atoms with Crippen LogP contribution in [0.15, 0.2) is 4.60 Å². The second kappa shape index (κ2) is 3.96. The first-order chi connectivity index (χ1) is 6.65. The SMILES string of the molecule is CC1CCN(Cc2nn(C)nc2Br)N1. The summed E-state index contributed by atoms with van der Waals surface area (Å²) in [5, 5.41) is 10.6. The molecule has 0 aliphatic carbocycles. The molecule has 2 rings (SSSR count). The van der Waals surface area contributed by atoms with Crippen LogP contribution in [-0.4, -0.2) is 32.6 Å². The predicted octanol–water partition coefficient (Wildman–Crippen LogP) is 0.676. The van der Waals surface area contributed by atoms with Gasteiger partial charge in [-0.25, -0.2) is 5.01 Å². The summed E-state index contributed by atoms with van der Waals surface area (Å²) < 4.78 is 0.835. The van der Waals surface area contributed by atoms with Gasteiger partial charge in [0, 0.05) is 19.6 Å². The smallest absolute Gasteiger partial charge is 0.152 e. The number of hydrazine groups is 1. The van der Waals surface area contributed by atoms with Gasteiger partial charge >= 0.3 is 0 Å². The number of nitrogens with one attached hydrogen (secondary N) is 1. The Kier molecular flexibility index (Phi) is 2.85. The van der Waals surface area contributed by atoms with E-state index in [-0.39, 0.29) is 0 Å². The Labute approximate surface area is 91.6 Å². The Bertz CT molecular complexity index is 324. The predicted molar refractivity (Wildman–Crippen MR) is 56.3 cm³/mol. The molecule has 6 heteroatoms. The maximum Gasteiger partial charge on any atom is 0.152 e. The van der Waals surface area contributed by atoms with Gasteiger partial charge < -0.3 is 0 Å². The van der Waals surface area contributed by atoms with Crippen LogP contribution in [0.4, 0.5) is 0 Å². The molecule has 1 N–H and O–H groups in total. The van der Waals surface area contributed by atoms with Crippen LogP contribution in [0, 0.1) is 0 Å². The second-order valence-corrected chi connectivity index (χ2v) is 4.42. The normalized spacial score (nSPS) is 23.2. The molecule has 1 aromatic rings. The minimum absolute atomic E-state index is 0.574. The molecule has 1 fully saturated rings. The van der Waals surface area contributed by atoms with Crippen LogP contribution in [0.1, 0.15) is 19.0 Å². The molecule has 0 aromatic carbocycles. The molecule has 1 aliphatic heterocycles. The van der Waals surface area contributed by atoms with Gasteiger partial charge in [-0.1, -0.05) is 0 Å². The summed E-state index contributed by atoms with van der Waals surface area (Å²) >= 11 is 3.39. The van der Waals surface area contributed by atoms with Crippen molar-refractivity contribution in [1.29, 1.82) is 0 Å². The molecule has 0 saturated carbocycles. The van der Waals surface area contributed by atoms with Crippen LogP contribution in [0.5, 0.6) is 0 Å². The first-order valence-electron chi connectivity index (χ1n) is 4.72. The third kappa shape index (κ3) is 2.13. The van der Waals surface area contributed by atoms with Crippen LogP contribution in [0.25, 0.3) is 0 Å². The lowest BCUT2D eigenvalue weighted by Gasteiger charge is -2.14. The van der Waals surface area contributed by atoms with Crippen molar-refractivity contribution in [3.8, 4) is 0 Å². The summed E-state index contributed by atoms with van der Waals surface area (Å²) in [6.45, 7) is 4.06. The summed E-state index contributed by atoms with van der Waals surface area (Å²) in [5.41, 5.74) is 4.35. The molecular formula is C8H14BrN5. The number of aryl methyl sites for hydroxylation is 1. The van der Waals surface area contributed by atoms with E-state index >= 15 is 0 Å². The Morgan fingerprint density at radius 2 is 2.36 bits per heavy atom. The Balaban J connectivity index is 2.00. The van der Waals surface area contributed by atoms with Gasteiger partial charge in [0.1, 0.15) is 5.69 Å². The summed E-state index contributed by atoms with van der Waals surface area (Å²) in [7, 11) is 1.83. The lowest BCUT2D eigenvalue weighted by atomic mass is 10.3. The van der Waals surface area contributed by atoms with Gasteiger partial charge in [0.25, 0.3) is 0 Å². The maximum atomic E-state index is 4.28. The van der Waals surface area contributed by atoms with Crippen molar-refractivity contribution in [1.82, 2.24) is 25.4 Å². The molecule has 1 aromatic heterocycles. The summed E-state index contributed by atoms with van der Waals surface area (Å²) in [6.07, 6.45) is 1.19. The topological polar surface area (TPSA) is 46.0 Å². The monoisotopic (exact) mass is 259 g/mol. The van der Waals surface area contributed by atoms with Crippen LogP contribution in [0.2, 0.25) is 0 Å². The Morgan fingerprint density at radius 1 is 1.57 bits per heavy atom. The van der Waals surface area contributed by atoms with Crippen LogP contribution in [0.3, 0.4) is 0 Å². The lowest BCUT2D eigenvalue weighted by Crippen LogP contribution is -2.33. The zero-order valence-electron chi connectivity index (χ0n) is 8.37. The molecule has 0 spiro atoms. The highest BCUT2D eigenvalue weighted by atomic mass is 79.9. The van der Waals surface area contributed by atoms with Crippen molar-refractivity contribution in [2.45, 2.75) is 25.9 Å². The van der Waals surface area contributed by atoms with E-state index in [1.54, 1.807) is 4.80 Å². The average molecular weight is 260 g/mol. The third-order valence-corrected chi connectivity index (χ3v) is 2.93. The lowest BCUT2D eigenvalue weighted by molar-refractivity contribution is 0.226. The Hall–Kier alpha value is -0.460. The molecule has 1 aliphatic rings. The molecule has 14 heavy (non-hydrogen) atoms. The van der Waals surface area contributed by atoms with E-state index in [0.29, 0.717) is 6.04 Å². The van der Waals surface area contributed by atoms with Gasteiger partial charge in [0.2, 0.25) is 0 Å². The summed E-state index contributed by atoms with van der Waals surface area (Å²) in [4.78, 5) is 1.58. The molecule has 0 radical (unpaired) electrons. The van der Waals surface area contributed by atoms with Crippen molar-refractivity contribution in [3.05, 3.63) is 10.3 Å². The van der Waals surface area contributed by atoms with Crippen molar-refractivity contribution in [2.75, 3.05) is 6.54 Å². The highest BCUT2D eigenvalue weighted by Crippen LogP contribution is 2.14. The summed E-state index contributed by atoms with van der Waals surface area (Å²) in [5.74, 6) is 0. The number of nitrogens with zero attached hydrogens (tertiary/aromatic N) is 4. The van der Waals surface area contributed by atoms with Crippen LogP contribution in [-0.2, 0) is 13.6 Å². The van der Waals surface area contributed by atoms with E-state index in [4.69, 9.17) is 0 Å². The fourth-order valence-corrected chi connectivity index (χ4v) is 2.05. The average Bonchev–Trinajstić information content (AvgIpc) is 2.61. The molecule has 1 atom stereocenters. The van der Waals surface area contributed by atoms with Crippen LogP contribution < -0.4 is 5.43 Å². The first-order valence-corrected chi connectivity index (χ1v) is 5.51. The van der Waals surface area contributed by atoms with E-state index in [1.807, 2.05) is 7.05 Å². The molecule has 5 nitrogen and oxygen atoms in total. The zero-order chi connectivity index (χ0) is 10.1. The van der Waals surface area contributed by atoms with Gasteiger partial charge in [-0.2, -0.15) is 9.90 Å². The van der Waals surface area contributed by atoms with E-state index in [0.717, 1.165) is 23.4 Å². The molecule has 1 unspecified atom stereocenters. The van der Waals surface area contributed by atoms with Gasteiger partial charge in [-0.15, -0.1) is 5.10 Å². The number of hydrogen-bond acceptors (Lipinski definition) is 4. The number of hydrogen-bond donors (Lipinski definition) is 1. The number of rotatable bonds is 2. The van der Waals surface area contributed by atoms with Crippen molar-refractivity contribution < 1.29 is 0 Å². The molecular weight excluding hydrogens is 246 g/mol. The molecule has 0 amide bonds. The molecule has 1 saturated heterocycles. The molecule has 78 valence electrons.